The first-order valence-electron chi connectivity index (χ1n) is 7.66. The van der Waals surface area contributed by atoms with E-state index >= 15 is 0 Å². The van der Waals surface area contributed by atoms with E-state index in [1.165, 1.54) is 4.88 Å². The van der Waals surface area contributed by atoms with Crippen molar-refractivity contribution in [2.24, 2.45) is 5.92 Å². The number of nitrogens with zero attached hydrogens (tertiary/aromatic N) is 1. The molecule has 2 amide bonds. The van der Waals surface area contributed by atoms with Gasteiger partial charge in [0.15, 0.2) is 0 Å². The molecule has 1 aliphatic heterocycles. The number of aryl methyl sites for hydroxylation is 1. The number of hydrogen-bond donors (Lipinski definition) is 1. The summed E-state index contributed by atoms with van der Waals surface area (Å²) in [5.74, 6) is 0.346. The predicted octanol–water partition coefficient (Wildman–Crippen LogP) is 2.33. The molecule has 2 atom stereocenters. The standard InChI is InChI=1S/C16H22N2O2S/c1-4-12-7-8-13(21-12)9-18-10(2)14(19)17-16(3,15(18)20)11-5-6-11/h7-8,10-11H,4-6,9H2,1-3H3,(H,17,19). The third kappa shape index (κ3) is 2.48. The van der Waals surface area contributed by atoms with Crippen molar-refractivity contribution in [3.63, 3.8) is 0 Å². The van der Waals surface area contributed by atoms with E-state index in [1.807, 2.05) is 13.8 Å². The minimum Gasteiger partial charge on any atom is -0.340 e. The third-order valence-corrected chi connectivity index (χ3v) is 5.94. The highest BCUT2D eigenvalue weighted by Crippen LogP contribution is 2.42. The Morgan fingerprint density at radius 2 is 2.00 bits per heavy atom. The monoisotopic (exact) mass is 306 g/mol. The zero-order valence-electron chi connectivity index (χ0n) is 12.8. The molecule has 2 heterocycles. The zero-order valence-corrected chi connectivity index (χ0v) is 13.6. The maximum atomic E-state index is 12.9. The van der Waals surface area contributed by atoms with Crippen LogP contribution in [-0.2, 0) is 22.6 Å². The van der Waals surface area contributed by atoms with E-state index in [0.717, 1.165) is 24.1 Å². The summed E-state index contributed by atoms with van der Waals surface area (Å²) in [6.07, 6.45) is 3.07. The van der Waals surface area contributed by atoms with Gasteiger partial charge in [0.05, 0.1) is 6.54 Å². The van der Waals surface area contributed by atoms with Crippen LogP contribution in [0.2, 0.25) is 0 Å². The molecule has 114 valence electrons. The van der Waals surface area contributed by atoms with Gasteiger partial charge in [0.1, 0.15) is 11.6 Å². The minimum absolute atomic E-state index is 0.0312. The normalized spacial score (nSPS) is 29.7. The molecule has 3 rings (SSSR count). The van der Waals surface area contributed by atoms with E-state index in [0.29, 0.717) is 12.5 Å². The number of nitrogens with one attached hydrogen (secondary N) is 1. The van der Waals surface area contributed by atoms with E-state index < -0.39 is 11.6 Å². The van der Waals surface area contributed by atoms with Crippen molar-refractivity contribution in [1.82, 2.24) is 10.2 Å². The molecule has 0 radical (unpaired) electrons. The Kier molecular flexibility index (Phi) is 3.56. The predicted molar refractivity (Wildman–Crippen MR) is 83.0 cm³/mol. The Morgan fingerprint density at radius 1 is 1.33 bits per heavy atom. The highest BCUT2D eigenvalue weighted by Gasteiger charge is 2.54. The summed E-state index contributed by atoms with van der Waals surface area (Å²) < 4.78 is 0. The number of piperazine rings is 1. The molecular weight excluding hydrogens is 284 g/mol. The average Bonchev–Trinajstić information content (AvgIpc) is 3.22. The molecule has 4 nitrogen and oxygen atoms in total. The highest BCUT2D eigenvalue weighted by molar-refractivity contribution is 7.11. The first kappa shape index (κ1) is 14.6. The summed E-state index contributed by atoms with van der Waals surface area (Å²) in [4.78, 5) is 29.4. The molecule has 2 aliphatic rings. The fraction of sp³-hybridized carbons (Fsp3) is 0.625. The fourth-order valence-electron chi connectivity index (χ4n) is 3.04. The summed E-state index contributed by atoms with van der Waals surface area (Å²) in [7, 11) is 0. The number of hydrogen-bond acceptors (Lipinski definition) is 3. The van der Waals surface area contributed by atoms with Crippen LogP contribution in [0.5, 0.6) is 0 Å². The van der Waals surface area contributed by atoms with Crippen LogP contribution >= 0.6 is 11.3 Å². The third-order valence-electron chi connectivity index (χ3n) is 4.72. The lowest BCUT2D eigenvalue weighted by atomic mass is 9.89. The Morgan fingerprint density at radius 3 is 2.57 bits per heavy atom. The fourth-order valence-corrected chi connectivity index (χ4v) is 4.00. The van der Waals surface area contributed by atoms with Gasteiger partial charge in [0.25, 0.3) is 0 Å². The Bertz CT molecular complexity index is 579. The summed E-state index contributed by atoms with van der Waals surface area (Å²) >= 11 is 1.73. The summed E-state index contributed by atoms with van der Waals surface area (Å²) in [5.41, 5.74) is -0.700. The van der Waals surface area contributed by atoms with Crippen molar-refractivity contribution in [3.05, 3.63) is 21.9 Å². The van der Waals surface area contributed by atoms with Crippen LogP contribution in [0.1, 0.15) is 43.4 Å². The summed E-state index contributed by atoms with van der Waals surface area (Å²) in [6, 6.07) is 3.79. The van der Waals surface area contributed by atoms with Gasteiger partial charge in [0.2, 0.25) is 11.8 Å². The van der Waals surface area contributed by atoms with Crippen LogP contribution in [0.15, 0.2) is 12.1 Å². The van der Waals surface area contributed by atoms with E-state index in [1.54, 1.807) is 16.2 Å². The smallest absolute Gasteiger partial charge is 0.249 e. The molecule has 0 spiro atoms. The van der Waals surface area contributed by atoms with Crippen molar-refractivity contribution in [3.8, 4) is 0 Å². The molecule has 0 bridgehead atoms. The van der Waals surface area contributed by atoms with Crippen molar-refractivity contribution in [2.75, 3.05) is 0 Å². The highest BCUT2D eigenvalue weighted by atomic mass is 32.1. The van der Waals surface area contributed by atoms with Gasteiger partial charge in [0, 0.05) is 9.75 Å². The first-order valence-corrected chi connectivity index (χ1v) is 8.48. The topological polar surface area (TPSA) is 49.4 Å². The first-order chi connectivity index (χ1) is 9.95. The number of amides is 2. The Labute approximate surface area is 129 Å². The minimum atomic E-state index is -0.700. The van der Waals surface area contributed by atoms with Crippen LogP contribution in [0, 0.1) is 5.92 Å². The lowest BCUT2D eigenvalue weighted by Crippen LogP contribution is -2.69. The lowest BCUT2D eigenvalue weighted by Gasteiger charge is -2.43. The molecule has 2 unspecified atom stereocenters. The quantitative estimate of drug-likeness (QED) is 0.928. The van der Waals surface area contributed by atoms with Gasteiger partial charge in [-0.1, -0.05) is 6.92 Å². The average molecular weight is 306 g/mol. The van der Waals surface area contributed by atoms with Crippen molar-refractivity contribution in [1.29, 1.82) is 0 Å². The van der Waals surface area contributed by atoms with Crippen LogP contribution in [-0.4, -0.2) is 28.3 Å². The second kappa shape index (κ2) is 5.13. The van der Waals surface area contributed by atoms with Crippen LogP contribution in [0.25, 0.3) is 0 Å². The van der Waals surface area contributed by atoms with Crippen LogP contribution < -0.4 is 5.32 Å². The van der Waals surface area contributed by atoms with Gasteiger partial charge in [-0.15, -0.1) is 11.3 Å². The molecular formula is C16H22N2O2S. The maximum Gasteiger partial charge on any atom is 0.249 e. The molecule has 1 aliphatic carbocycles. The maximum absolute atomic E-state index is 12.9. The number of carbonyl (C=O) groups is 2. The second-order valence-corrected chi connectivity index (χ2v) is 7.55. The molecule has 5 heteroatoms. The molecule has 1 aromatic rings. The molecule has 1 saturated heterocycles. The second-order valence-electron chi connectivity index (χ2n) is 6.30. The van der Waals surface area contributed by atoms with Gasteiger partial charge in [-0.25, -0.2) is 0 Å². The molecule has 1 aromatic heterocycles. The number of carbonyl (C=O) groups excluding carboxylic acids is 2. The zero-order chi connectivity index (χ0) is 15.2. The molecule has 0 aromatic carbocycles. The van der Waals surface area contributed by atoms with Crippen LogP contribution in [0.3, 0.4) is 0 Å². The van der Waals surface area contributed by atoms with Gasteiger partial charge in [-0.05, 0) is 51.2 Å². The Balaban J connectivity index is 1.84. The van der Waals surface area contributed by atoms with Crippen molar-refractivity contribution >= 4 is 23.2 Å². The molecule has 1 N–H and O–H groups in total. The van der Waals surface area contributed by atoms with E-state index in [9.17, 15) is 9.59 Å². The Hall–Kier alpha value is -1.36. The summed E-state index contributed by atoms with van der Waals surface area (Å²) in [5, 5.41) is 2.96. The van der Waals surface area contributed by atoms with E-state index in [2.05, 4.69) is 24.4 Å². The van der Waals surface area contributed by atoms with Crippen LogP contribution in [0.4, 0.5) is 0 Å². The SMILES string of the molecule is CCc1ccc(CN2C(=O)C(C)(C3CC3)NC(=O)C2C)s1. The van der Waals surface area contributed by atoms with Crippen molar-refractivity contribution < 1.29 is 9.59 Å². The molecule has 21 heavy (non-hydrogen) atoms. The number of thiophene rings is 1. The molecule has 1 saturated carbocycles. The van der Waals surface area contributed by atoms with Gasteiger partial charge < -0.3 is 10.2 Å². The molecule has 2 fully saturated rings. The van der Waals surface area contributed by atoms with E-state index in [4.69, 9.17) is 0 Å². The lowest BCUT2D eigenvalue weighted by molar-refractivity contribution is -0.155. The van der Waals surface area contributed by atoms with E-state index in [-0.39, 0.29) is 11.8 Å². The van der Waals surface area contributed by atoms with Gasteiger partial charge >= 0.3 is 0 Å². The number of rotatable bonds is 4. The van der Waals surface area contributed by atoms with Gasteiger partial charge in [-0.3, -0.25) is 9.59 Å². The summed E-state index contributed by atoms with van der Waals surface area (Å²) in [6.45, 7) is 6.37. The van der Waals surface area contributed by atoms with Crippen molar-refractivity contribution in [2.45, 2.75) is 58.2 Å². The van der Waals surface area contributed by atoms with Gasteiger partial charge in [-0.2, -0.15) is 0 Å². The largest absolute Gasteiger partial charge is 0.340 e.